The van der Waals surface area contributed by atoms with Gasteiger partial charge in [-0.05, 0) is 30.2 Å². The number of alkyl halides is 4. The van der Waals surface area contributed by atoms with E-state index < -0.39 is 29.9 Å². The highest BCUT2D eigenvalue weighted by Gasteiger charge is 2.33. The number of aromatic nitrogens is 2. The van der Waals surface area contributed by atoms with E-state index in [4.69, 9.17) is 5.11 Å². The van der Waals surface area contributed by atoms with Crippen LogP contribution in [0.15, 0.2) is 30.5 Å². The summed E-state index contributed by atoms with van der Waals surface area (Å²) in [5.41, 5.74) is 0.0736. The van der Waals surface area contributed by atoms with E-state index >= 15 is 0 Å². The fourth-order valence-electron chi connectivity index (χ4n) is 4.13. The molecule has 2 fully saturated rings. The maximum atomic E-state index is 13.7. The van der Waals surface area contributed by atoms with E-state index in [1.54, 1.807) is 4.90 Å². The number of benzene rings is 1. The molecule has 0 bridgehead atoms. The number of hydrogen-bond acceptors (Lipinski definition) is 5. The number of amides is 1. The zero-order chi connectivity index (χ0) is 23.8. The van der Waals surface area contributed by atoms with E-state index in [0.717, 1.165) is 16.8 Å². The topological polar surface area (TPSA) is 81.9 Å². The van der Waals surface area contributed by atoms with E-state index in [1.807, 2.05) is 4.90 Å². The second-order valence-corrected chi connectivity index (χ2v) is 8.17. The normalized spacial score (nSPS) is 19.8. The average Bonchev–Trinajstić information content (AvgIpc) is 3.43. The second kappa shape index (κ2) is 9.00. The molecule has 2 saturated heterocycles. The minimum Gasteiger partial charge on any atom is -0.476 e. The summed E-state index contributed by atoms with van der Waals surface area (Å²) in [6.45, 7) is 2.46. The van der Waals surface area contributed by atoms with Gasteiger partial charge < -0.3 is 14.9 Å². The van der Waals surface area contributed by atoms with E-state index in [-0.39, 0.29) is 18.7 Å². The fourth-order valence-corrected chi connectivity index (χ4v) is 4.13. The molecule has 0 spiro atoms. The summed E-state index contributed by atoms with van der Waals surface area (Å²) < 4.78 is 54.5. The van der Waals surface area contributed by atoms with Gasteiger partial charge in [0.1, 0.15) is 6.17 Å². The number of piperazine rings is 1. The molecule has 178 valence electrons. The fraction of sp³-hybridized carbons (Fsp3) is 0.476. The van der Waals surface area contributed by atoms with Crippen LogP contribution in [0.25, 0.3) is 0 Å². The van der Waals surface area contributed by atoms with Crippen LogP contribution in [0.2, 0.25) is 0 Å². The van der Waals surface area contributed by atoms with Crippen molar-refractivity contribution >= 4 is 17.7 Å². The number of anilines is 1. The van der Waals surface area contributed by atoms with Crippen LogP contribution in [-0.4, -0.2) is 82.1 Å². The van der Waals surface area contributed by atoms with Crippen molar-refractivity contribution in [1.82, 2.24) is 19.6 Å². The van der Waals surface area contributed by atoms with Crippen molar-refractivity contribution in [2.24, 2.45) is 0 Å². The van der Waals surface area contributed by atoms with Crippen molar-refractivity contribution in [3.05, 3.63) is 47.3 Å². The molecule has 2 aliphatic heterocycles. The number of hydrogen-bond donors (Lipinski definition) is 1. The van der Waals surface area contributed by atoms with Gasteiger partial charge in [-0.15, -0.1) is 0 Å². The first kappa shape index (κ1) is 23.0. The molecule has 0 unspecified atom stereocenters. The number of halogens is 4. The number of aromatic carboxylic acids is 1. The highest BCUT2D eigenvalue weighted by Crippen LogP contribution is 2.35. The summed E-state index contributed by atoms with van der Waals surface area (Å²) >= 11 is 0. The highest BCUT2D eigenvalue weighted by molar-refractivity contribution is 5.86. The minimum absolute atomic E-state index is 0.0682. The van der Waals surface area contributed by atoms with Gasteiger partial charge in [0.15, 0.2) is 5.69 Å². The van der Waals surface area contributed by atoms with Crippen LogP contribution in [-0.2, 0) is 12.7 Å². The molecule has 2 aromatic rings. The molecule has 4 rings (SSSR count). The lowest BCUT2D eigenvalue weighted by Gasteiger charge is -2.35. The van der Waals surface area contributed by atoms with Gasteiger partial charge in [0.05, 0.1) is 5.56 Å². The molecule has 0 aliphatic carbocycles. The standard InChI is InChI=1S/C21H23F4N5O3/c22-16-3-5-29(13-16)18-11-15(21(23,24)25)2-1-14(18)12-27-7-9-28(10-8-27)20(33)30-6-4-17(26-30)19(31)32/h1-2,4,6,11,16H,3,5,7-10,12-13H2,(H,31,32)/t16-/m0/s1. The van der Waals surface area contributed by atoms with Crippen LogP contribution < -0.4 is 4.90 Å². The lowest BCUT2D eigenvalue weighted by Crippen LogP contribution is -2.49. The van der Waals surface area contributed by atoms with E-state index in [2.05, 4.69) is 5.10 Å². The Morgan fingerprint density at radius 2 is 1.82 bits per heavy atom. The Labute approximate surface area is 187 Å². The number of carboxylic acid groups (broad SMARTS) is 1. The van der Waals surface area contributed by atoms with Gasteiger partial charge in [-0.3, -0.25) is 4.90 Å². The third-order valence-corrected chi connectivity index (χ3v) is 5.92. The van der Waals surface area contributed by atoms with Crippen LogP contribution in [0.5, 0.6) is 0 Å². The van der Waals surface area contributed by atoms with E-state index in [9.17, 15) is 27.2 Å². The first-order valence-corrected chi connectivity index (χ1v) is 10.5. The molecule has 1 aromatic carbocycles. The van der Waals surface area contributed by atoms with E-state index in [0.29, 0.717) is 50.5 Å². The van der Waals surface area contributed by atoms with Crippen molar-refractivity contribution < 1.29 is 32.3 Å². The van der Waals surface area contributed by atoms with Gasteiger partial charge in [0.25, 0.3) is 0 Å². The van der Waals surface area contributed by atoms with Crippen LogP contribution in [0.4, 0.5) is 28.0 Å². The SMILES string of the molecule is O=C(O)c1ccn(C(=O)N2CCN(Cc3ccc(C(F)(F)F)cc3N3CC[C@H](F)C3)CC2)n1. The number of nitrogens with zero attached hydrogens (tertiary/aromatic N) is 5. The second-order valence-electron chi connectivity index (χ2n) is 8.17. The minimum atomic E-state index is -4.49. The van der Waals surface area contributed by atoms with Gasteiger partial charge >= 0.3 is 18.2 Å². The largest absolute Gasteiger partial charge is 0.476 e. The Hall–Kier alpha value is -3.15. The summed E-state index contributed by atoms with van der Waals surface area (Å²) in [5.74, 6) is -1.23. The maximum Gasteiger partial charge on any atom is 0.416 e. The summed E-state index contributed by atoms with van der Waals surface area (Å²) in [7, 11) is 0. The van der Waals surface area contributed by atoms with Crippen molar-refractivity contribution in [3.8, 4) is 0 Å². The molecule has 0 saturated carbocycles. The molecule has 1 aromatic heterocycles. The van der Waals surface area contributed by atoms with Gasteiger partial charge in [-0.1, -0.05) is 6.07 Å². The Morgan fingerprint density at radius 3 is 2.39 bits per heavy atom. The first-order valence-electron chi connectivity index (χ1n) is 10.5. The van der Waals surface area contributed by atoms with Gasteiger partial charge in [0.2, 0.25) is 0 Å². The van der Waals surface area contributed by atoms with Crippen molar-refractivity contribution in [2.45, 2.75) is 25.3 Å². The third kappa shape index (κ3) is 5.10. The van der Waals surface area contributed by atoms with Crippen LogP contribution >= 0.6 is 0 Å². The lowest BCUT2D eigenvalue weighted by atomic mass is 10.1. The Kier molecular flexibility index (Phi) is 6.28. The first-order chi connectivity index (χ1) is 15.6. The number of carbonyl (C=O) groups is 2. The van der Waals surface area contributed by atoms with Crippen molar-refractivity contribution in [1.29, 1.82) is 0 Å². The Morgan fingerprint density at radius 1 is 1.09 bits per heavy atom. The summed E-state index contributed by atoms with van der Waals surface area (Å²) in [6.07, 6.45) is -3.97. The van der Waals surface area contributed by atoms with E-state index in [1.165, 1.54) is 23.2 Å². The number of rotatable bonds is 4. The molecule has 12 heteroatoms. The molecule has 1 atom stereocenters. The average molecular weight is 469 g/mol. The molecule has 2 aliphatic rings. The Bertz CT molecular complexity index is 1030. The molecule has 3 heterocycles. The molecular weight excluding hydrogens is 446 g/mol. The van der Waals surface area contributed by atoms with Crippen LogP contribution in [0, 0.1) is 0 Å². The number of carbonyl (C=O) groups excluding carboxylic acids is 1. The van der Waals surface area contributed by atoms with Crippen LogP contribution in [0.3, 0.4) is 0 Å². The quantitative estimate of drug-likeness (QED) is 0.694. The van der Waals surface area contributed by atoms with Crippen molar-refractivity contribution in [2.75, 3.05) is 44.2 Å². The molecular formula is C21H23F4N5O3. The predicted molar refractivity (Wildman–Crippen MR) is 110 cm³/mol. The summed E-state index contributed by atoms with van der Waals surface area (Å²) in [6, 6.07) is 4.37. The molecule has 1 N–H and O–H groups in total. The van der Waals surface area contributed by atoms with Gasteiger partial charge in [-0.25, -0.2) is 14.0 Å². The third-order valence-electron chi connectivity index (χ3n) is 5.92. The zero-order valence-corrected chi connectivity index (χ0v) is 17.6. The summed E-state index contributed by atoms with van der Waals surface area (Å²) in [5, 5.41) is 12.7. The zero-order valence-electron chi connectivity index (χ0n) is 17.6. The van der Waals surface area contributed by atoms with Gasteiger partial charge in [0, 0.05) is 57.7 Å². The molecule has 8 nitrogen and oxygen atoms in total. The van der Waals surface area contributed by atoms with Gasteiger partial charge in [-0.2, -0.15) is 23.0 Å². The maximum absolute atomic E-state index is 13.7. The molecule has 0 radical (unpaired) electrons. The van der Waals surface area contributed by atoms with Crippen molar-refractivity contribution in [3.63, 3.8) is 0 Å². The van der Waals surface area contributed by atoms with Crippen LogP contribution in [0.1, 0.15) is 28.0 Å². The smallest absolute Gasteiger partial charge is 0.416 e. The lowest BCUT2D eigenvalue weighted by molar-refractivity contribution is -0.137. The highest BCUT2D eigenvalue weighted by atomic mass is 19.4. The molecule has 33 heavy (non-hydrogen) atoms. The summed E-state index contributed by atoms with van der Waals surface area (Å²) in [4.78, 5) is 28.7. The number of carboxylic acids is 1. The Balaban J connectivity index is 1.43. The molecule has 1 amide bonds. The predicted octanol–water partition coefficient (Wildman–Crippen LogP) is 2.93. The monoisotopic (exact) mass is 469 g/mol.